The molecule has 0 N–H and O–H groups in total. The zero-order valence-corrected chi connectivity index (χ0v) is 17.5. The average Bonchev–Trinajstić information content (AvgIpc) is 2.58. The molecule has 0 nitrogen and oxygen atoms in total. The largest absolute Gasteiger partial charge is 0.304 e. The van der Waals surface area contributed by atoms with Gasteiger partial charge in [0.25, 0.3) is 0 Å². The van der Waals surface area contributed by atoms with Crippen molar-refractivity contribution >= 4 is 24.2 Å². The fourth-order valence-electron chi connectivity index (χ4n) is 4.82. The van der Waals surface area contributed by atoms with Gasteiger partial charge in [-0.15, -0.1) is 0 Å². The fraction of sp³-hybridized carbons (Fsp3) is 0.650. The first kappa shape index (κ1) is 19.9. The Morgan fingerprint density at radius 1 is 0.913 bits per heavy atom. The zero-order valence-electron chi connectivity index (χ0n) is 14.3. The molecule has 3 heteroatoms. The Labute approximate surface area is 162 Å². The molecule has 0 aliphatic heterocycles. The van der Waals surface area contributed by atoms with Gasteiger partial charge in [0, 0.05) is 31.7 Å². The molecule has 0 amide bonds. The van der Waals surface area contributed by atoms with Crippen LogP contribution in [-0.4, -0.2) is 11.3 Å². The van der Waals surface area contributed by atoms with Gasteiger partial charge in [0.15, 0.2) is 0 Å². The Bertz CT molecular complexity index is 460. The monoisotopic (exact) mass is 442 g/mol. The van der Waals surface area contributed by atoms with Crippen LogP contribution in [0, 0.1) is 12.5 Å². The van der Waals surface area contributed by atoms with Crippen molar-refractivity contribution in [2.24, 2.45) is 0 Å². The van der Waals surface area contributed by atoms with Gasteiger partial charge in [-0.25, -0.2) is 0 Å². The van der Waals surface area contributed by atoms with Gasteiger partial charge in [-0.05, 0) is 76.0 Å². The van der Waals surface area contributed by atoms with Crippen molar-refractivity contribution in [1.29, 1.82) is 0 Å². The Hall–Kier alpha value is 0.602. The third-order valence-corrected chi connectivity index (χ3v) is 11.9. The molecule has 0 bridgehead atoms. The number of benzene rings is 1. The van der Waals surface area contributed by atoms with Crippen LogP contribution in [0.3, 0.4) is 0 Å². The normalized spacial score (nSPS) is 21.0. The topological polar surface area (TPSA) is 0 Å². The zero-order chi connectivity index (χ0) is 15.4. The van der Waals surface area contributed by atoms with Gasteiger partial charge < -0.3 is 11.6 Å². The summed E-state index contributed by atoms with van der Waals surface area (Å²) in [7, 11) is -1.37. The van der Waals surface area contributed by atoms with Crippen molar-refractivity contribution in [3.05, 3.63) is 35.5 Å². The van der Waals surface area contributed by atoms with Gasteiger partial charge in [-0.2, -0.15) is 0 Å². The summed E-state index contributed by atoms with van der Waals surface area (Å²) in [6.07, 6.45) is 14.1. The Morgan fingerprint density at radius 2 is 1.43 bits per heavy atom. The second-order valence-corrected chi connectivity index (χ2v) is 11.8. The van der Waals surface area contributed by atoms with E-state index >= 15 is 0 Å². The molecule has 23 heavy (non-hydrogen) atoms. The molecule has 0 radical (unpaired) electrons. The average molecular weight is 443 g/mol. The quantitative estimate of drug-likeness (QED) is 0.277. The van der Waals surface area contributed by atoms with Crippen LogP contribution in [0.5, 0.6) is 0 Å². The molecule has 2 saturated carbocycles. The molecule has 1 aromatic rings. The molecular weight excluding hydrogens is 413 g/mol. The van der Waals surface area contributed by atoms with E-state index in [0.717, 1.165) is 11.3 Å². The second kappa shape index (κ2) is 9.34. The summed E-state index contributed by atoms with van der Waals surface area (Å²) >= 11 is 6.70. The first-order chi connectivity index (χ1) is 10.8. The smallest absolute Gasteiger partial charge is 0.0667 e. The first-order valence-corrected chi connectivity index (χ1v) is 11.6. The summed E-state index contributed by atoms with van der Waals surface area (Å²) in [5.74, 6) is 0. The maximum Gasteiger partial charge on any atom is 0.0667 e. The summed E-state index contributed by atoms with van der Waals surface area (Å²) in [4.78, 5) is 0. The third-order valence-electron chi connectivity index (χ3n) is 5.97. The fourth-order valence-corrected chi connectivity index (χ4v) is 11.2. The number of aryl methyl sites for hydroxylation is 1. The molecule has 0 heterocycles. The van der Waals surface area contributed by atoms with Gasteiger partial charge in [0.1, 0.15) is 0 Å². The van der Waals surface area contributed by atoms with E-state index in [1.807, 2.05) is 0 Å². The molecule has 2 fully saturated rings. The minimum Gasteiger partial charge on any atom is -0.304 e. The van der Waals surface area contributed by atoms with E-state index in [1.54, 1.807) is 5.30 Å². The maximum atomic E-state index is 6.70. The SMILES string of the molecule is Cc1cccc([P+]([CH-]Cl)(C2CCCCC2)C2CCCCC2)c1.[Pd]. The van der Waals surface area contributed by atoms with Crippen molar-refractivity contribution in [1.82, 2.24) is 0 Å². The van der Waals surface area contributed by atoms with Gasteiger partial charge in [0.2, 0.25) is 0 Å². The van der Waals surface area contributed by atoms with E-state index in [-0.39, 0.29) is 20.4 Å². The molecule has 0 aromatic heterocycles. The van der Waals surface area contributed by atoms with Crippen LogP contribution in [0.2, 0.25) is 0 Å². The van der Waals surface area contributed by atoms with E-state index in [9.17, 15) is 0 Å². The predicted octanol–water partition coefficient (Wildman–Crippen LogP) is 6.66. The van der Waals surface area contributed by atoms with Crippen molar-refractivity contribution in [2.45, 2.75) is 82.4 Å². The van der Waals surface area contributed by atoms with Crippen molar-refractivity contribution in [3.8, 4) is 0 Å². The number of hydrogen-bond donors (Lipinski definition) is 0. The van der Waals surface area contributed by atoms with E-state index in [0.29, 0.717) is 0 Å². The maximum absolute atomic E-state index is 6.70. The summed E-state index contributed by atoms with van der Waals surface area (Å²) in [5, 5.41) is 1.60. The van der Waals surface area contributed by atoms with Crippen molar-refractivity contribution in [3.63, 3.8) is 0 Å². The van der Waals surface area contributed by atoms with Crippen LogP contribution >= 0.6 is 18.9 Å². The van der Waals surface area contributed by atoms with Crippen LogP contribution in [0.25, 0.3) is 0 Å². The van der Waals surface area contributed by atoms with Crippen LogP contribution in [0.15, 0.2) is 24.3 Å². The summed E-state index contributed by atoms with van der Waals surface area (Å²) in [6, 6.07) is 9.33. The third kappa shape index (κ3) is 4.23. The molecule has 0 atom stereocenters. The molecule has 1 aromatic carbocycles. The second-order valence-electron chi connectivity index (χ2n) is 7.35. The molecule has 0 spiro atoms. The predicted molar refractivity (Wildman–Crippen MR) is 102 cm³/mol. The van der Waals surface area contributed by atoms with E-state index < -0.39 is 7.26 Å². The molecule has 0 unspecified atom stereocenters. The Balaban J connectivity index is 0.00000192. The molecule has 3 rings (SSSR count). The summed E-state index contributed by atoms with van der Waals surface area (Å²) in [5.41, 5.74) is 5.30. The van der Waals surface area contributed by atoms with E-state index in [1.165, 1.54) is 69.8 Å². The van der Waals surface area contributed by atoms with Gasteiger partial charge in [-0.3, -0.25) is 0 Å². The van der Waals surface area contributed by atoms with Gasteiger partial charge in [-0.1, -0.05) is 37.9 Å². The molecule has 0 saturated heterocycles. The van der Waals surface area contributed by atoms with E-state index in [2.05, 4.69) is 36.8 Å². The summed E-state index contributed by atoms with van der Waals surface area (Å²) < 4.78 is 0. The molecule has 2 aliphatic carbocycles. The molecular formula is C20H30ClPPd. The van der Waals surface area contributed by atoms with Crippen molar-refractivity contribution < 1.29 is 20.4 Å². The van der Waals surface area contributed by atoms with Gasteiger partial charge in [0.05, 0.1) is 5.30 Å². The minimum atomic E-state index is -1.37. The Kier molecular flexibility index (Phi) is 8.09. The van der Waals surface area contributed by atoms with Crippen LogP contribution < -0.4 is 5.30 Å². The van der Waals surface area contributed by atoms with Crippen LogP contribution in [0.4, 0.5) is 0 Å². The molecule has 132 valence electrons. The Morgan fingerprint density at radius 3 is 1.87 bits per heavy atom. The van der Waals surface area contributed by atoms with E-state index in [4.69, 9.17) is 11.6 Å². The standard InChI is InChI=1S/C20H30ClP.Pd/c1-17-9-8-14-20(15-17)22(16-21,18-10-4-2-5-11-18)19-12-6-3-7-13-19;/h8-9,14-16,18-19H,2-7,10-13H2,1H3;. The summed E-state index contributed by atoms with van der Waals surface area (Å²) in [6.45, 7) is 2.23. The minimum absolute atomic E-state index is 0. The number of rotatable bonds is 4. The van der Waals surface area contributed by atoms with Gasteiger partial charge >= 0.3 is 0 Å². The van der Waals surface area contributed by atoms with Crippen LogP contribution in [0.1, 0.15) is 69.8 Å². The first-order valence-electron chi connectivity index (χ1n) is 9.17. The van der Waals surface area contributed by atoms with Crippen molar-refractivity contribution in [2.75, 3.05) is 0 Å². The number of hydrogen-bond acceptors (Lipinski definition) is 0. The number of halogens is 1. The molecule has 2 aliphatic rings. The van der Waals surface area contributed by atoms with Crippen LogP contribution in [-0.2, 0) is 20.4 Å².